The summed E-state index contributed by atoms with van der Waals surface area (Å²) in [4.78, 5) is 0. The normalized spacial score (nSPS) is 26.2. The molecule has 0 spiro atoms. The largest absolute Gasteiger partial charge is 0.395 e. The Morgan fingerprint density at radius 2 is 2.12 bits per heavy atom. The molecule has 1 saturated carbocycles. The maximum absolute atomic E-state index is 8.95. The molecule has 16 heavy (non-hydrogen) atoms. The zero-order chi connectivity index (χ0) is 11.5. The Kier molecular flexibility index (Phi) is 3.85. The average Bonchev–Trinajstić information content (AvgIpc) is 2.24. The lowest BCUT2D eigenvalue weighted by Crippen LogP contribution is -2.45. The fourth-order valence-electron chi connectivity index (χ4n) is 2.27. The van der Waals surface area contributed by atoms with Crippen LogP contribution < -0.4 is 5.32 Å². The molecular formula is C13H18ClNO. The van der Waals surface area contributed by atoms with Crippen LogP contribution in [0.5, 0.6) is 0 Å². The van der Waals surface area contributed by atoms with Crippen LogP contribution in [0.15, 0.2) is 24.3 Å². The van der Waals surface area contributed by atoms with Crippen molar-refractivity contribution in [2.45, 2.75) is 37.8 Å². The Balaban J connectivity index is 1.87. The molecule has 2 rings (SSSR count). The molecule has 3 heteroatoms. The highest BCUT2D eigenvalue weighted by Crippen LogP contribution is 2.39. The Labute approximate surface area is 102 Å². The predicted octanol–water partition coefficient (Wildman–Crippen LogP) is 2.56. The minimum atomic E-state index is 0.192. The number of rotatable bonds is 4. The Hall–Kier alpha value is -0.570. The van der Waals surface area contributed by atoms with E-state index in [4.69, 9.17) is 16.7 Å². The number of benzene rings is 1. The first-order valence-corrected chi connectivity index (χ1v) is 6.20. The monoisotopic (exact) mass is 239 g/mol. The molecule has 1 fully saturated rings. The topological polar surface area (TPSA) is 32.3 Å². The third-order valence-electron chi connectivity index (χ3n) is 3.28. The van der Waals surface area contributed by atoms with E-state index in [1.165, 1.54) is 5.56 Å². The summed E-state index contributed by atoms with van der Waals surface area (Å²) in [7, 11) is 0. The van der Waals surface area contributed by atoms with Gasteiger partial charge in [0.2, 0.25) is 0 Å². The highest BCUT2D eigenvalue weighted by molar-refractivity contribution is 6.31. The van der Waals surface area contributed by atoms with Crippen molar-refractivity contribution in [2.75, 3.05) is 6.61 Å². The molecule has 1 aliphatic rings. The lowest BCUT2D eigenvalue weighted by atomic mass is 9.75. The van der Waals surface area contributed by atoms with Crippen molar-refractivity contribution < 1.29 is 5.11 Å². The number of nitrogens with one attached hydrogen (secondary N) is 1. The van der Waals surface area contributed by atoms with E-state index in [2.05, 4.69) is 11.4 Å². The maximum Gasteiger partial charge on any atom is 0.0582 e. The standard InChI is InChI=1S/C13H18ClNO/c1-9(8-16)15-11-6-10(7-11)12-4-2-3-5-13(12)14/h2-5,9-11,15-16H,6-8H2,1H3/t9-,10?,11?/m1/s1. The summed E-state index contributed by atoms with van der Waals surface area (Å²) in [6.07, 6.45) is 2.24. The smallest absolute Gasteiger partial charge is 0.0582 e. The highest BCUT2D eigenvalue weighted by Gasteiger charge is 2.31. The predicted molar refractivity (Wildman–Crippen MR) is 66.9 cm³/mol. The Morgan fingerprint density at radius 3 is 2.75 bits per heavy atom. The molecule has 1 atom stereocenters. The van der Waals surface area contributed by atoms with Crippen LogP contribution in [0.25, 0.3) is 0 Å². The van der Waals surface area contributed by atoms with Crippen LogP contribution in [-0.2, 0) is 0 Å². The molecule has 0 bridgehead atoms. The first-order chi connectivity index (χ1) is 7.70. The van der Waals surface area contributed by atoms with Gasteiger partial charge in [-0.05, 0) is 37.3 Å². The fraction of sp³-hybridized carbons (Fsp3) is 0.538. The van der Waals surface area contributed by atoms with E-state index in [1.54, 1.807) is 0 Å². The number of hydrogen-bond donors (Lipinski definition) is 2. The van der Waals surface area contributed by atoms with Gasteiger partial charge in [0, 0.05) is 17.1 Å². The van der Waals surface area contributed by atoms with E-state index in [0.717, 1.165) is 17.9 Å². The van der Waals surface area contributed by atoms with Crippen molar-refractivity contribution >= 4 is 11.6 Å². The fourth-order valence-corrected chi connectivity index (χ4v) is 2.56. The van der Waals surface area contributed by atoms with Crippen molar-refractivity contribution in [1.82, 2.24) is 5.32 Å². The van der Waals surface area contributed by atoms with Gasteiger partial charge in [0.1, 0.15) is 0 Å². The van der Waals surface area contributed by atoms with Crippen LogP contribution in [0.2, 0.25) is 5.02 Å². The van der Waals surface area contributed by atoms with E-state index < -0.39 is 0 Å². The lowest BCUT2D eigenvalue weighted by Gasteiger charge is -2.38. The van der Waals surface area contributed by atoms with Crippen LogP contribution in [0, 0.1) is 0 Å². The van der Waals surface area contributed by atoms with Crippen molar-refractivity contribution in [1.29, 1.82) is 0 Å². The van der Waals surface area contributed by atoms with Gasteiger partial charge < -0.3 is 10.4 Å². The first-order valence-electron chi connectivity index (χ1n) is 5.82. The van der Waals surface area contributed by atoms with Gasteiger partial charge in [-0.3, -0.25) is 0 Å². The summed E-state index contributed by atoms with van der Waals surface area (Å²) < 4.78 is 0. The van der Waals surface area contributed by atoms with Gasteiger partial charge in [0.15, 0.2) is 0 Å². The van der Waals surface area contributed by atoms with E-state index in [-0.39, 0.29) is 12.6 Å². The molecule has 2 nitrogen and oxygen atoms in total. The van der Waals surface area contributed by atoms with E-state index in [1.807, 2.05) is 25.1 Å². The molecule has 0 aliphatic heterocycles. The Bertz CT molecular complexity index is 350. The van der Waals surface area contributed by atoms with Crippen LogP contribution in [-0.4, -0.2) is 23.8 Å². The molecule has 0 aromatic heterocycles. The summed E-state index contributed by atoms with van der Waals surface area (Å²) in [5.74, 6) is 0.581. The van der Waals surface area contributed by atoms with Crippen LogP contribution in [0.1, 0.15) is 31.2 Å². The number of hydrogen-bond acceptors (Lipinski definition) is 2. The summed E-state index contributed by atoms with van der Waals surface area (Å²) >= 11 is 6.15. The maximum atomic E-state index is 8.95. The minimum absolute atomic E-state index is 0.192. The third-order valence-corrected chi connectivity index (χ3v) is 3.62. The second kappa shape index (κ2) is 5.17. The summed E-state index contributed by atoms with van der Waals surface area (Å²) in [5.41, 5.74) is 1.26. The van der Waals surface area contributed by atoms with Gasteiger partial charge in [-0.2, -0.15) is 0 Å². The molecule has 0 radical (unpaired) electrons. The van der Waals surface area contributed by atoms with E-state index >= 15 is 0 Å². The summed E-state index contributed by atoms with van der Waals surface area (Å²) in [5, 5.41) is 13.2. The quantitative estimate of drug-likeness (QED) is 0.847. The Morgan fingerprint density at radius 1 is 1.44 bits per heavy atom. The zero-order valence-corrected chi connectivity index (χ0v) is 10.2. The van der Waals surface area contributed by atoms with Gasteiger partial charge in [-0.1, -0.05) is 29.8 Å². The second-order valence-corrected chi connectivity index (χ2v) is 5.04. The first kappa shape index (κ1) is 11.9. The minimum Gasteiger partial charge on any atom is -0.395 e. The molecule has 1 aromatic carbocycles. The van der Waals surface area contributed by atoms with Gasteiger partial charge in [0.25, 0.3) is 0 Å². The van der Waals surface area contributed by atoms with Crippen LogP contribution in [0.4, 0.5) is 0 Å². The number of halogens is 1. The van der Waals surface area contributed by atoms with Gasteiger partial charge in [-0.25, -0.2) is 0 Å². The van der Waals surface area contributed by atoms with Crippen molar-refractivity contribution in [3.8, 4) is 0 Å². The molecule has 1 aliphatic carbocycles. The molecule has 1 aromatic rings. The molecule has 88 valence electrons. The zero-order valence-electron chi connectivity index (χ0n) is 9.49. The van der Waals surface area contributed by atoms with Gasteiger partial charge in [-0.15, -0.1) is 0 Å². The van der Waals surface area contributed by atoms with Gasteiger partial charge >= 0.3 is 0 Å². The van der Waals surface area contributed by atoms with Crippen molar-refractivity contribution in [2.24, 2.45) is 0 Å². The number of aliphatic hydroxyl groups excluding tert-OH is 1. The highest BCUT2D eigenvalue weighted by atomic mass is 35.5. The van der Waals surface area contributed by atoms with E-state index in [0.29, 0.717) is 12.0 Å². The lowest BCUT2D eigenvalue weighted by molar-refractivity contribution is 0.204. The summed E-state index contributed by atoms with van der Waals surface area (Å²) in [6.45, 7) is 2.20. The molecule has 0 amide bonds. The summed E-state index contributed by atoms with van der Waals surface area (Å²) in [6, 6.07) is 8.79. The van der Waals surface area contributed by atoms with E-state index in [9.17, 15) is 0 Å². The SMILES string of the molecule is C[C@H](CO)NC1CC(c2ccccc2Cl)C1. The van der Waals surface area contributed by atoms with Crippen LogP contribution >= 0.6 is 11.6 Å². The molecule has 0 unspecified atom stereocenters. The number of aliphatic hydroxyl groups is 1. The molecular weight excluding hydrogens is 222 g/mol. The molecule has 2 N–H and O–H groups in total. The molecule has 0 saturated heterocycles. The van der Waals surface area contributed by atoms with Crippen molar-refractivity contribution in [3.63, 3.8) is 0 Å². The van der Waals surface area contributed by atoms with Gasteiger partial charge in [0.05, 0.1) is 6.61 Å². The van der Waals surface area contributed by atoms with Crippen molar-refractivity contribution in [3.05, 3.63) is 34.9 Å². The molecule has 0 heterocycles. The second-order valence-electron chi connectivity index (χ2n) is 4.64. The average molecular weight is 240 g/mol. The third kappa shape index (κ3) is 2.57. The van der Waals surface area contributed by atoms with Crippen LogP contribution in [0.3, 0.4) is 0 Å².